The first-order valence-corrected chi connectivity index (χ1v) is 10.6. The van der Waals surface area contributed by atoms with E-state index >= 15 is 0 Å². The van der Waals surface area contributed by atoms with Crippen LogP contribution in [0.4, 0.5) is 0 Å². The van der Waals surface area contributed by atoms with Crippen LogP contribution in [-0.2, 0) is 0 Å². The van der Waals surface area contributed by atoms with Crippen molar-refractivity contribution in [1.82, 2.24) is 24.8 Å². The van der Waals surface area contributed by atoms with E-state index in [1.54, 1.807) is 6.20 Å². The molecule has 1 amide bonds. The normalized spacial score (nSPS) is 15.1. The number of benzene rings is 1. The molecular weight excluding hydrogens is 362 g/mol. The van der Waals surface area contributed by atoms with Gasteiger partial charge in [0.05, 0.1) is 0 Å². The van der Waals surface area contributed by atoms with Gasteiger partial charge in [0.1, 0.15) is 11.3 Å². The molecule has 1 N–H and O–H groups in total. The molecule has 0 bridgehead atoms. The van der Waals surface area contributed by atoms with E-state index in [-0.39, 0.29) is 11.9 Å². The SMILES string of the molecule is CC(C)n1c(-c2cccc(C(=O)NCCN3CCCCC3)c2)nc2cccnc21. The highest BCUT2D eigenvalue weighted by Gasteiger charge is 2.17. The Kier molecular flexibility index (Phi) is 5.90. The molecule has 1 saturated heterocycles. The molecule has 0 atom stereocenters. The number of aromatic nitrogens is 3. The molecule has 29 heavy (non-hydrogen) atoms. The summed E-state index contributed by atoms with van der Waals surface area (Å²) in [5.74, 6) is 0.811. The van der Waals surface area contributed by atoms with E-state index in [2.05, 4.69) is 33.6 Å². The predicted octanol–water partition coefficient (Wildman–Crippen LogP) is 3.89. The Morgan fingerprint density at radius 3 is 2.76 bits per heavy atom. The summed E-state index contributed by atoms with van der Waals surface area (Å²) in [6.45, 7) is 8.13. The number of rotatable bonds is 6. The second-order valence-corrected chi connectivity index (χ2v) is 7.98. The van der Waals surface area contributed by atoms with E-state index in [1.165, 1.54) is 19.3 Å². The van der Waals surface area contributed by atoms with Gasteiger partial charge in [0.2, 0.25) is 0 Å². The minimum absolute atomic E-state index is 0.0332. The fraction of sp³-hybridized carbons (Fsp3) is 0.435. The summed E-state index contributed by atoms with van der Waals surface area (Å²) in [5, 5.41) is 3.07. The van der Waals surface area contributed by atoms with Gasteiger partial charge in [-0.1, -0.05) is 18.6 Å². The lowest BCUT2D eigenvalue weighted by molar-refractivity contribution is 0.0946. The molecule has 0 spiro atoms. The summed E-state index contributed by atoms with van der Waals surface area (Å²) in [4.78, 5) is 24.4. The van der Waals surface area contributed by atoms with Crippen molar-refractivity contribution in [2.75, 3.05) is 26.2 Å². The van der Waals surface area contributed by atoms with Gasteiger partial charge in [0.15, 0.2) is 5.65 Å². The number of imidazole rings is 1. The number of nitrogens with one attached hydrogen (secondary N) is 1. The first-order chi connectivity index (χ1) is 14.1. The quantitative estimate of drug-likeness (QED) is 0.692. The summed E-state index contributed by atoms with van der Waals surface area (Å²) in [6.07, 6.45) is 5.65. The van der Waals surface area contributed by atoms with E-state index in [0.29, 0.717) is 12.1 Å². The Morgan fingerprint density at radius 2 is 1.97 bits per heavy atom. The summed E-state index contributed by atoms with van der Waals surface area (Å²) < 4.78 is 2.13. The molecule has 0 radical (unpaired) electrons. The lowest BCUT2D eigenvalue weighted by Crippen LogP contribution is -2.37. The van der Waals surface area contributed by atoms with Gasteiger partial charge in [-0.2, -0.15) is 0 Å². The topological polar surface area (TPSA) is 63.1 Å². The summed E-state index contributed by atoms with van der Waals surface area (Å²) in [5.41, 5.74) is 3.33. The van der Waals surface area contributed by atoms with Crippen molar-refractivity contribution in [2.24, 2.45) is 0 Å². The number of nitrogens with zero attached hydrogens (tertiary/aromatic N) is 4. The number of likely N-dealkylation sites (tertiary alicyclic amines) is 1. The molecule has 6 nitrogen and oxygen atoms in total. The van der Waals surface area contributed by atoms with Gasteiger partial charge in [-0.05, 0) is 64.0 Å². The highest BCUT2D eigenvalue weighted by molar-refractivity contribution is 5.95. The van der Waals surface area contributed by atoms with Crippen LogP contribution in [0.25, 0.3) is 22.6 Å². The number of fused-ring (bicyclic) bond motifs is 1. The molecule has 3 heterocycles. The van der Waals surface area contributed by atoms with Crippen LogP contribution >= 0.6 is 0 Å². The summed E-state index contributed by atoms with van der Waals surface area (Å²) >= 11 is 0. The minimum atomic E-state index is -0.0332. The van der Waals surface area contributed by atoms with Crippen LogP contribution in [0.1, 0.15) is 49.5 Å². The maximum absolute atomic E-state index is 12.7. The molecule has 1 fully saturated rings. The molecule has 3 aromatic rings. The zero-order valence-corrected chi connectivity index (χ0v) is 17.3. The summed E-state index contributed by atoms with van der Waals surface area (Å²) in [7, 11) is 0. The van der Waals surface area contributed by atoms with Crippen molar-refractivity contribution in [2.45, 2.75) is 39.2 Å². The zero-order valence-electron chi connectivity index (χ0n) is 17.3. The number of piperidine rings is 1. The van der Waals surface area contributed by atoms with Crippen LogP contribution in [0, 0.1) is 0 Å². The standard InChI is InChI=1S/C23H29N5O/c1-17(2)28-21(26-20-10-7-11-24-22(20)28)18-8-6-9-19(16-18)23(29)25-12-15-27-13-4-3-5-14-27/h6-11,16-17H,3-5,12-15H2,1-2H3,(H,25,29). The number of amides is 1. The number of pyridine rings is 1. The van der Waals surface area contributed by atoms with Crippen molar-refractivity contribution in [3.05, 3.63) is 48.2 Å². The second-order valence-electron chi connectivity index (χ2n) is 7.98. The molecule has 0 unspecified atom stereocenters. The van der Waals surface area contributed by atoms with E-state index in [1.807, 2.05) is 36.4 Å². The number of carbonyl (C=O) groups is 1. The van der Waals surface area contributed by atoms with Gasteiger partial charge in [0.25, 0.3) is 5.91 Å². The monoisotopic (exact) mass is 391 g/mol. The Labute approximate surface area is 172 Å². The van der Waals surface area contributed by atoms with Crippen LogP contribution in [0.3, 0.4) is 0 Å². The average Bonchev–Trinajstić information content (AvgIpc) is 3.14. The number of hydrogen-bond donors (Lipinski definition) is 1. The van der Waals surface area contributed by atoms with Gasteiger partial charge in [-0.15, -0.1) is 0 Å². The maximum atomic E-state index is 12.7. The van der Waals surface area contributed by atoms with Crippen molar-refractivity contribution in [3.63, 3.8) is 0 Å². The maximum Gasteiger partial charge on any atom is 0.251 e. The van der Waals surface area contributed by atoms with Crippen LogP contribution in [0.15, 0.2) is 42.6 Å². The number of carbonyl (C=O) groups excluding carboxylic acids is 1. The van der Waals surface area contributed by atoms with Crippen LogP contribution in [0.2, 0.25) is 0 Å². The van der Waals surface area contributed by atoms with Gasteiger partial charge >= 0.3 is 0 Å². The zero-order chi connectivity index (χ0) is 20.2. The van der Waals surface area contributed by atoms with Crippen LogP contribution in [-0.4, -0.2) is 51.5 Å². The molecule has 2 aromatic heterocycles. The van der Waals surface area contributed by atoms with Crippen LogP contribution in [0.5, 0.6) is 0 Å². The smallest absolute Gasteiger partial charge is 0.251 e. The molecule has 6 heteroatoms. The fourth-order valence-corrected chi connectivity index (χ4v) is 4.03. The average molecular weight is 392 g/mol. The largest absolute Gasteiger partial charge is 0.351 e. The minimum Gasteiger partial charge on any atom is -0.351 e. The molecule has 1 aliphatic rings. The molecule has 0 saturated carbocycles. The first kappa shape index (κ1) is 19.6. The third-order valence-electron chi connectivity index (χ3n) is 5.51. The van der Waals surface area contributed by atoms with Crippen molar-refractivity contribution in [1.29, 1.82) is 0 Å². The van der Waals surface area contributed by atoms with E-state index in [4.69, 9.17) is 4.98 Å². The van der Waals surface area contributed by atoms with Gasteiger partial charge in [0, 0.05) is 36.5 Å². The van der Waals surface area contributed by atoms with Gasteiger partial charge < -0.3 is 14.8 Å². The predicted molar refractivity (Wildman–Crippen MR) is 116 cm³/mol. The molecule has 4 rings (SSSR count). The molecule has 0 aliphatic carbocycles. The number of hydrogen-bond acceptors (Lipinski definition) is 4. The Bertz CT molecular complexity index is 988. The highest BCUT2D eigenvalue weighted by Crippen LogP contribution is 2.27. The molecular formula is C23H29N5O. The third-order valence-corrected chi connectivity index (χ3v) is 5.51. The lowest BCUT2D eigenvalue weighted by Gasteiger charge is -2.26. The van der Waals surface area contributed by atoms with E-state index < -0.39 is 0 Å². The lowest BCUT2D eigenvalue weighted by atomic mass is 10.1. The van der Waals surface area contributed by atoms with Gasteiger partial charge in [-0.25, -0.2) is 9.97 Å². The first-order valence-electron chi connectivity index (χ1n) is 10.6. The van der Waals surface area contributed by atoms with Crippen molar-refractivity contribution >= 4 is 17.1 Å². The Morgan fingerprint density at radius 1 is 1.14 bits per heavy atom. The van der Waals surface area contributed by atoms with Gasteiger partial charge in [-0.3, -0.25) is 4.79 Å². The molecule has 1 aliphatic heterocycles. The Hall–Kier alpha value is -2.73. The van der Waals surface area contributed by atoms with Crippen molar-refractivity contribution in [3.8, 4) is 11.4 Å². The van der Waals surface area contributed by atoms with E-state index in [0.717, 1.165) is 42.2 Å². The highest BCUT2D eigenvalue weighted by atomic mass is 16.1. The second kappa shape index (κ2) is 8.74. The van der Waals surface area contributed by atoms with Crippen molar-refractivity contribution < 1.29 is 4.79 Å². The third kappa shape index (κ3) is 4.32. The summed E-state index contributed by atoms with van der Waals surface area (Å²) in [6, 6.07) is 11.8. The molecule has 152 valence electrons. The fourth-order valence-electron chi connectivity index (χ4n) is 4.03. The Balaban J connectivity index is 1.52. The van der Waals surface area contributed by atoms with E-state index in [9.17, 15) is 4.79 Å². The molecule has 1 aromatic carbocycles. The van der Waals surface area contributed by atoms with Crippen LogP contribution < -0.4 is 5.32 Å².